The van der Waals surface area contributed by atoms with E-state index in [9.17, 15) is 0 Å². The number of aliphatic imine (C=N–C) groups is 1. The van der Waals surface area contributed by atoms with E-state index in [4.69, 9.17) is 15.3 Å². The quantitative estimate of drug-likeness (QED) is 0.649. The standard InChI is InChI=1S/C17H19N3.HNO3/c1-3-7-15(8-4-1)13-20(14-17-18-11-12-19-17)16-9-5-2-6-10-16;2-1(3)4/h1-10H,11-14H2,(H,18,19);(H,2,3,4). The number of benzene rings is 2. The van der Waals surface area contributed by atoms with Gasteiger partial charge in [0, 0.05) is 18.8 Å². The van der Waals surface area contributed by atoms with Crippen molar-refractivity contribution in [2.24, 2.45) is 4.99 Å². The first-order valence-corrected chi connectivity index (χ1v) is 7.59. The molecule has 0 saturated carbocycles. The highest BCUT2D eigenvalue weighted by Gasteiger charge is 2.12. The van der Waals surface area contributed by atoms with Gasteiger partial charge in [-0.15, -0.1) is 10.1 Å². The fourth-order valence-electron chi connectivity index (χ4n) is 2.41. The Morgan fingerprint density at radius 1 is 1.08 bits per heavy atom. The maximum Gasteiger partial charge on any atom is 0.291 e. The van der Waals surface area contributed by atoms with Crippen molar-refractivity contribution >= 4 is 11.5 Å². The smallest absolute Gasteiger partial charge is 0.291 e. The topological polar surface area (TPSA) is 91.0 Å². The van der Waals surface area contributed by atoms with E-state index in [1.54, 1.807) is 0 Å². The fourth-order valence-corrected chi connectivity index (χ4v) is 2.41. The lowest BCUT2D eigenvalue weighted by Crippen LogP contribution is -2.34. The second-order valence-electron chi connectivity index (χ2n) is 5.17. The summed E-state index contributed by atoms with van der Waals surface area (Å²) in [6.45, 7) is 3.58. The minimum atomic E-state index is -1.50. The minimum Gasteiger partial charge on any atom is -0.370 e. The molecule has 0 atom stereocenters. The fraction of sp³-hybridized carbons (Fsp3) is 0.235. The Labute approximate surface area is 140 Å². The molecule has 24 heavy (non-hydrogen) atoms. The molecular weight excluding hydrogens is 308 g/mol. The van der Waals surface area contributed by atoms with E-state index in [1.165, 1.54) is 11.3 Å². The van der Waals surface area contributed by atoms with Crippen molar-refractivity contribution < 1.29 is 10.3 Å². The van der Waals surface area contributed by atoms with Crippen LogP contribution in [0.4, 0.5) is 5.69 Å². The number of anilines is 1. The summed E-state index contributed by atoms with van der Waals surface area (Å²) in [6.07, 6.45) is 0. The molecule has 1 heterocycles. The Morgan fingerprint density at radius 3 is 2.21 bits per heavy atom. The van der Waals surface area contributed by atoms with Crippen LogP contribution in [0.3, 0.4) is 0 Å². The lowest BCUT2D eigenvalue weighted by Gasteiger charge is -2.25. The lowest BCUT2D eigenvalue weighted by molar-refractivity contribution is -0.742. The average molecular weight is 328 g/mol. The van der Waals surface area contributed by atoms with E-state index < -0.39 is 5.09 Å². The number of rotatable bonds is 5. The van der Waals surface area contributed by atoms with Gasteiger partial charge in [0.2, 0.25) is 0 Å². The van der Waals surface area contributed by atoms with Crippen molar-refractivity contribution in [3.8, 4) is 0 Å². The molecule has 7 nitrogen and oxygen atoms in total. The first-order chi connectivity index (χ1) is 11.6. The van der Waals surface area contributed by atoms with Gasteiger partial charge in [-0.25, -0.2) is 0 Å². The second kappa shape index (κ2) is 9.14. The van der Waals surface area contributed by atoms with Gasteiger partial charge in [0.05, 0.1) is 13.1 Å². The maximum absolute atomic E-state index is 8.36. The first-order valence-electron chi connectivity index (χ1n) is 7.59. The van der Waals surface area contributed by atoms with Crippen LogP contribution < -0.4 is 10.2 Å². The van der Waals surface area contributed by atoms with Gasteiger partial charge < -0.3 is 15.4 Å². The molecule has 0 saturated heterocycles. The molecule has 2 N–H and O–H groups in total. The van der Waals surface area contributed by atoms with Crippen LogP contribution in [0.5, 0.6) is 0 Å². The highest BCUT2D eigenvalue weighted by molar-refractivity contribution is 5.88. The highest BCUT2D eigenvalue weighted by Crippen LogP contribution is 2.16. The van der Waals surface area contributed by atoms with Gasteiger partial charge >= 0.3 is 0 Å². The predicted molar refractivity (Wildman–Crippen MR) is 93.0 cm³/mol. The Bertz CT molecular complexity index is 658. The van der Waals surface area contributed by atoms with Crippen LogP contribution in [0.1, 0.15) is 5.56 Å². The molecule has 2 aromatic carbocycles. The Balaban J connectivity index is 0.000000471. The van der Waals surface area contributed by atoms with Gasteiger partial charge in [-0.1, -0.05) is 48.5 Å². The molecule has 1 aliphatic heterocycles. The van der Waals surface area contributed by atoms with Crippen molar-refractivity contribution in [3.63, 3.8) is 0 Å². The summed E-state index contributed by atoms with van der Waals surface area (Å²) in [5.74, 6) is 1.09. The lowest BCUT2D eigenvalue weighted by atomic mass is 10.2. The first kappa shape index (κ1) is 17.3. The van der Waals surface area contributed by atoms with Gasteiger partial charge in [0.15, 0.2) is 0 Å². The summed E-state index contributed by atoms with van der Waals surface area (Å²) >= 11 is 0. The molecule has 1 aliphatic rings. The van der Waals surface area contributed by atoms with Crippen molar-refractivity contribution in [1.82, 2.24) is 5.32 Å². The normalized spacial score (nSPS) is 12.4. The summed E-state index contributed by atoms with van der Waals surface area (Å²) in [7, 11) is 0. The molecular formula is C17H20N4O3. The zero-order valence-electron chi connectivity index (χ0n) is 13.2. The van der Waals surface area contributed by atoms with Crippen LogP contribution in [-0.2, 0) is 6.54 Å². The Hall–Kier alpha value is -3.09. The molecule has 0 amide bonds. The Morgan fingerprint density at radius 2 is 1.67 bits per heavy atom. The van der Waals surface area contributed by atoms with E-state index in [0.717, 1.165) is 32.0 Å². The highest BCUT2D eigenvalue weighted by atomic mass is 16.9. The van der Waals surface area contributed by atoms with E-state index in [-0.39, 0.29) is 0 Å². The summed E-state index contributed by atoms with van der Waals surface area (Å²) in [5.41, 5.74) is 2.54. The van der Waals surface area contributed by atoms with Crippen LogP contribution in [0, 0.1) is 10.1 Å². The SMILES string of the molecule is O=[N+]([O-])O.c1ccc(CN(CC2=NCCN2)c2ccccc2)cc1. The van der Waals surface area contributed by atoms with Gasteiger partial charge in [-0.3, -0.25) is 4.99 Å². The van der Waals surface area contributed by atoms with Gasteiger partial charge in [0.25, 0.3) is 5.09 Å². The van der Waals surface area contributed by atoms with E-state index in [1.807, 2.05) is 0 Å². The number of hydrogen-bond acceptors (Lipinski definition) is 5. The number of nitrogens with one attached hydrogen (secondary N) is 1. The molecule has 0 fully saturated rings. The van der Waals surface area contributed by atoms with Crippen LogP contribution >= 0.6 is 0 Å². The third kappa shape index (κ3) is 5.96. The number of hydrogen-bond donors (Lipinski definition) is 2. The van der Waals surface area contributed by atoms with E-state index >= 15 is 0 Å². The van der Waals surface area contributed by atoms with Gasteiger partial charge in [-0.2, -0.15) is 0 Å². The Kier molecular flexibility index (Phi) is 6.58. The number of amidine groups is 1. The zero-order valence-corrected chi connectivity index (χ0v) is 13.2. The molecule has 0 aromatic heterocycles. The molecule has 7 heteroatoms. The van der Waals surface area contributed by atoms with Crippen LogP contribution in [0.25, 0.3) is 0 Å². The average Bonchev–Trinajstić information content (AvgIpc) is 3.09. The minimum absolute atomic E-state index is 0.832. The van der Waals surface area contributed by atoms with Crippen molar-refractivity contribution in [2.75, 3.05) is 24.5 Å². The van der Waals surface area contributed by atoms with Crippen LogP contribution in [-0.4, -0.2) is 35.8 Å². The van der Waals surface area contributed by atoms with Crippen molar-refractivity contribution in [3.05, 3.63) is 76.3 Å². The van der Waals surface area contributed by atoms with Crippen molar-refractivity contribution in [2.45, 2.75) is 6.54 Å². The molecule has 0 aliphatic carbocycles. The van der Waals surface area contributed by atoms with E-state index in [0.29, 0.717) is 0 Å². The van der Waals surface area contributed by atoms with Gasteiger partial charge in [-0.05, 0) is 17.7 Å². The summed E-state index contributed by atoms with van der Waals surface area (Å²) in [6, 6.07) is 21.1. The third-order valence-corrected chi connectivity index (χ3v) is 3.42. The molecule has 0 unspecified atom stereocenters. The largest absolute Gasteiger partial charge is 0.370 e. The third-order valence-electron chi connectivity index (χ3n) is 3.42. The monoisotopic (exact) mass is 328 g/mol. The predicted octanol–water partition coefficient (Wildman–Crippen LogP) is 2.35. The maximum atomic E-state index is 8.36. The summed E-state index contributed by atoms with van der Waals surface area (Å²) in [4.78, 5) is 15.2. The molecule has 0 bridgehead atoms. The van der Waals surface area contributed by atoms with Crippen LogP contribution in [0.15, 0.2) is 65.7 Å². The summed E-state index contributed by atoms with van der Waals surface area (Å²) < 4.78 is 0. The molecule has 126 valence electrons. The zero-order chi connectivity index (χ0) is 17.2. The van der Waals surface area contributed by atoms with Crippen molar-refractivity contribution in [1.29, 1.82) is 0 Å². The second-order valence-corrected chi connectivity index (χ2v) is 5.17. The van der Waals surface area contributed by atoms with E-state index in [2.05, 4.69) is 75.9 Å². The molecule has 2 aromatic rings. The number of para-hydroxylation sites is 1. The molecule has 0 spiro atoms. The number of nitrogens with zero attached hydrogens (tertiary/aromatic N) is 3. The summed E-state index contributed by atoms with van der Waals surface area (Å²) in [5, 5.41) is 17.0. The van der Waals surface area contributed by atoms with Gasteiger partial charge in [0.1, 0.15) is 5.84 Å². The molecule has 3 rings (SSSR count). The van der Waals surface area contributed by atoms with Crippen LogP contribution in [0.2, 0.25) is 0 Å². The molecule has 0 radical (unpaired) electrons.